The van der Waals surface area contributed by atoms with Gasteiger partial charge in [0, 0.05) is 19.3 Å². The molecule has 0 aromatic heterocycles. The van der Waals surface area contributed by atoms with Gasteiger partial charge in [-0.25, -0.2) is 9.13 Å². The van der Waals surface area contributed by atoms with Crippen LogP contribution in [0.15, 0.2) is 109 Å². The summed E-state index contributed by atoms with van der Waals surface area (Å²) in [7, 11) is -9.78. The molecule has 5 atom stereocenters. The van der Waals surface area contributed by atoms with Gasteiger partial charge in [0.2, 0.25) is 0 Å². The summed E-state index contributed by atoms with van der Waals surface area (Å²) in [6.45, 7) is 2.33. The third-order valence-electron chi connectivity index (χ3n) is 13.0. The summed E-state index contributed by atoms with van der Waals surface area (Å²) in [5.74, 6) is -1.62. The smallest absolute Gasteiger partial charge is 0.463 e. The fraction of sp³-hybridized carbons (Fsp3) is 0.687. The Hall–Kier alpha value is -3.79. The predicted octanol–water partition coefficient (Wildman–Crippen LogP) is 17.3. The maximum atomic E-state index is 12.8. The number of phosphoric ester groups is 2. The normalized spacial score (nSPS) is 15.0. The maximum Gasteiger partial charge on any atom is 0.472 e. The van der Waals surface area contributed by atoms with Crippen molar-refractivity contribution in [2.75, 3.05) is 39.6 Å². The summed E-state index contributed by atoms with van der Waals surface area (Å²) in [4.78, 5) is 58.2. The SMILES string of the molecule is CC/C=C\C/C=C\C/C=C\C/C=C\C/C=C\CCCCCCCC(=O)OCC(O)COP(=O)(O)OCC(O)COP(=O)(O)OCC(COC(=O)CCCCCCCCC/C=C\C/C=C\C/C=C\CC)OC(=O)CCCCCCC/C=C\CCCC. The molecule has 16 nitrogen and oxygen atoms in total. The monoisotopic (exact) mass is 1240 g/mol. The quantitative estimate of drug-likeness (QED) is 0.0146. The molecule has 85 heavy (non-hydrogen) atoms. The lowest BCUT2D eigenvalue weighted by molar-refractivity contribution is -0.161. The fourth-order valence-electron chi connectivity index (χ4n) is 8.06. The van der Waals surface area contributed by atoms with Crippen molar-refractivity contribution in [2.45, 2.75) is 257 Å². The lowest BCUT2D eigenvalue weighted by Gasteiger charge is -2.21. The van der Waals surface area contributed by atoms with E-state index in [9.17, 15) is 43.5 Å². The van der Waals surface area contributed by atoms with E-state index in [2.05, 4.69) is 130 Å². The maximum absolute atomic E-state index is 12.8. The molecule has 0 radical (unpaired) electrons. The molecule has 488 valence electrons. The van der Waals surface area contributed by atoms with Gasteiger partial charge in [-0.3, -0.25) is 32.5 Å². The molecule has 0 aromatic carbocycles. The minimum absolute atomic E-state index is 0.0897. The largest absolute Gasteiger partial charge is 0.472 e. The minimum atomic E-state index is -4.92. The van der Waals surface area contributed by atoms with E-state index in [4.69, 9.17) is 32.3 Å². The van der Waals surface area contributed by atoms with Crippen LogP contribution >= 0.6 is 15.6 Å². The van der Waals surface area contributed by atoms with E-state index in [0.29, 0.717) is 19.3 Å². The molecule has 0 saturated carbocycles. The second-order valence-corrected chi connectivity index (χ2v) is 24.1. The van der Waals surface area contributed by atoms with E-state index >= 15 is 0 Å². The number of esters is 3. The lowest BCUT2D eigenvalue weighted by atomic mass is 10.1. The van der Waals surface area contributed by atoms with Crippen LogP contribution in [-0.2, 0) is 55.8 Å². The molecule has 4 N–H and O–H groups in total. The first kappa shape index (κ1) is 81.2. The second-order valence-electron chi connectivity index (χ2n) is 21.1. The van der Waals surface area contributed by atoms with Crippen LogP contribution in [-0.4, -0.2) is 95.9 Å². The highest BCUT2D eigenvalue weighted by atomic mass is 31.2. The Morgan fingerprint density at radius 1 is 0.341 bits per heavy atom. The Balaban J connectivity index is 4.61. The molecule has 0 fully saturated rings. The number of ether oxygens (including phenoxy) is 3. The topological polar surface area (TPSA) is 231 Å². The molecule has 0 bridgehead atoms. The van der Waals surface area contributed by atoms with Gasteiger partial charge in [-0.2, -0.15) is 0 Å². The first-order chi connectivity index (χ1) is 41.2. The molecule has 0 aliphatic carbocycles. The molecule has 18 heteroatoms. The van der Waals surface area contributed by atoms with Gasteiger partial charge < -0.3 is 34.2 Å². The van der Waals surface area contributed by atoms with Gasteiger partial charge in [-0.15, -0.1) is 0 Å². The number of unbranched alkanes of at least 4 members (excludes halogenated alkanes) is 19. The molecule has 0 aliphatic heterocycles. The van der Waals surface area contributed by atoms with Crippen molar-refractivity contribution in [1.82, 2.24) is 0 Å². The number of allylic oxidation sites excluding steroid dienone is 18. The zero-order valence-electron chi connectivity index (χ0n) is 52.5. The van der Waals surface area contributed by atoms with E-state index in [1.165, 1.54) is 12.8 Å². The molecule has 0 heterocycles. The summed E-state index contributed by atoms with van der Waals surface area (Å²) in [5, 5.41) is 20.5. The number of aliphatic hydroxyl groups is 2. The highest BCUT2D eigenvalue weighted by Crippen LogP contribution is 2.45. The van der Waals surface area contributed by atoms with Gasteiger partial charge in [0.25, 0.3) is 0 Å². The zero-order valence-corrected chi connectivity index (χ0v) is 54.3. The van der Waals surface area contributed by atoms with Crippen LogP contribution in [0.25, 0.3) is 0 Å². The Labute approximate surface area is 513 Å². The number of hydrogen-bond donors (Lipinski definition) is 4. The van der Waals surface area contributed by atoms with Gasteiger partial charge in [-0.1, -0.05) is 214 Å². The van der Waals surface area contributed by atoms with Crippen LogP contribution in [0.3, 0.4) is 0 Å². The Bertz CT molecular complexity index is 1990. The number of hydrogen-bond acceptors (Lipinski definition) is 14. The van der Waals surface area contributed by atoms with E-state index in [-0.39, 0.29) is 19.3 Å². The summed E-state index contributed by atoms with van der Waals surface area (Å²) in [6.07, 6.45) is 65.8. The number of carbonyl (C=O) groups excluding carboxylic acids is 3. The van der Waals surface area contributed by atoms with Crippen molar-refractivity contribution in [3.63, 3.8) is 0 Å². The van der Waals surface area contributed by atoms with Crippen molar-refractivity contribution >= 4 is 33.6 Å². The van der Waals surface area contributed by atoms with E-state index in [0.717, 1.165) is 167 Å². The Morgan fingerprint density at radius 3 is 1.00 bits per heavy atom. The number of carbonyl (C=O) groups is 3. The Kier molecular flexibility index (Phi) is 57.8. The van der Waals surface area contributed by atoms with Crippen LogP contribution in [0.1, 0.15) is 239 Å². The van der Waals surface area contributed by atoms with Crippen LogP contribution in [0.2, 0.25) is 0 Å². The molecule has 0 aromatic rings. The molecule has 0 rings (SSSR count). The molecule has 0 saturated heterocycles. The van der Waals surface area contributed by atoms with Crippen molar-refractivity contribution in [3.8, 4) is 0 Å². The highest BCUT2D eigenvalue weighted by Gasteiger charge is 2.29. The zero-order chi connectivity index (χ0) is 62.4. The third kappa shape index (κ3) is 61.6. The molecular weight excluding hydrogens is 1120 g/mol. The number of aliphatic hydroxyl groups excluding tert-OH is 2. The van der Waals surface area contributed by atoms with E-state index < -0.39 is 91.5 Å². The molecule has 0 spiro atoms. The molecule has 5 unspecified atom stereocenters. The van der Waals surface area contributed by atoms with Crippen LogP contribution < -0.4 is 0 Å². The van der Waals surface area contributed by atoms with Crippen molar-refractivity contribution in [2.24, 2.45) is 0 Å². The summed E-state index contributed by atoms with van der Waals surface area (Å²) >= 11 is 0. The van der Waals surface area contributed by atoms with E-state index in [1.54, 1.807) is 0 Å². The first-order valence-corrected chi connectivity index (χ1v) is 35.2. The van der Waals surface area contributed by atoms with Crippen molar-refractivity contribution in [3.05, 3.63) is 109 Å². The predicted molar refractivity (Wildman–Crippen MR) is 344 cm³/mol. The molecular formula is C67H114O16P2. The first-order valence-electron chi connectivity index (χ1n) is 32.2. The van der Waals surface area contributed by atoms with Crippen LogP contribution in [0.4, 0.5) is 0 Å². The highest BCUT2D eigenvalue weighted by molar-refractivity contribution is 7.47. The summed E-state index contributed by atoms with van der Waals surface area (Å²) in [5.41, 5.74) is 0. The standard InChI is InChI=1S/C67H114O16P2/c1-4-7-10-13-16-19-22-24-26-28-29-30-31-33-35-36-39-41-44-47-50-53-65(70)77-56-62(68)57-79-84(73,74)80-58-63(69)59-81-85(75,76)82-61-64(83-67(72)55-52-49-46-43-38-21-18-15-12-9-6-3)60-78-66(71)54-51-48-45-42-40-37-34-32-27-25-23-20-17-14-11-8-5-2/h7-8,10-11,15-20,24-27,29-30,33,35,62-64,68-69H,4-6,9,12-14,21-23,28,31-32,34,36-61H2,1-3H3,(H,73,74)(H,75,76)/b10-7-,11-8-,18-15-,19-16-,20-17-,26-24-,27-25-,30-29-,35-33-. The minimum Gasteiger partial charge on any atom is -0.463 e. The second kappa shape index (κ2) is 60.5. The molecule has 0 aliphatic rings. The Morgan fingerprint density at radius 2 is 0.624 bits per heavy atom. The van der Waals surface area contributed by atoms with Gasteiger partial charge >= 0.3 is 33.6 Å². The fourth-order valence-corrected chi connectivity index (χ4v) is 9.65. The van der Waals surface area contributed by atoms with Gasteiger partial charge in [-0.05, 0) is 116 Å². The van der Waals surface area contributed by atoms with E-state index in [1.807, 2.05) is 0 Å². The van der Waals surface area contributed by atoms with Gasteiger partial charge in [0.15, 0.2) is 6.10 Å². The number of rotatable bonds is 60. The third-order valence-corrected chi connectivity index (χ3v) is 14.9. The van der Waals surface area contributed by atoms with Crippen LogP contribution in [0.5, 0.6) is 0 Å². The number of phosphoric acid groups is 2. The van der Waals surface area contributed by atoms with Crippen LogP contribution in [0, 0.1) is 0 Å². The van der Waals surface area contributed by atoms with Gasteiger partial charge in [0.05, 0.1) is 26.4 Å². The van der Waals surface area contributed by atoms with Crippen molar-refractivity contribution < 1.29 is 75.8 Å². The summed E-state index contributed by atoms with van der Waals surface area (Å²) < 4.78 is 60.7. The summed E-state index contributed by atoms with van der Waals surface area (Å²) in [6, 6.07) is 0. The van der Waals surface area contributed by atoms with Gasteiger partial charge in [0.1, 0.15) is 25.4 Å². The average Bonchev–Trinajstić information content (AvgIpc) is 3.60. The molecule has 0 amide bonds. The lowest BCUT2D eigenvalue weighted by Crippen LogP contribution is -2.30. The average molecular weight is 1240 g/mol. The van der Waals surface area contributed by atoms with Crippen molar-refractivity contribution in [1.29, 1.82) is 0 Å².